The fraction of sp³-hybridized carbons (Fsp3) is 0. The normalized spacial score (nSPS) is 4.00. The van der Waals surface area contributed by atoms with Crippen molar-refractivity contribution >= 4 is 43.7 Å². The van der Waals surface area contributed by atoms with Gasteiger partial charge < -0.3 is 20.0 Å². The summed E-state index contributed by atoms with van der Waals surface area (Å²) in [6, 6.07) is 0. The van der Waals surface area contributed by atoms with Gasteiger partial charge in [0.15, 0.2) is 0 Å². The Hall–Kier alpha value is 0.470. The molecule has 0 aliphatic rings. The van der Waals surface area contributed by atoms with Crippen LogP contribution in [-0.2, 0) is 4.79 Å². The van der Waals surface area contributed by atoms with Crippen molar-refractivity contribution in [1.29, 1.82) is 0 Å². The topological polar surface area (TPSA) is 37.3 Å². The van der Waals surface area contributed by atoms with E-state index in [1.807, 2.05) is 0 Å². The molecule has 44 valence electrons. The van der Waals surface area contributed by atoms with Crippen LogP contribution in [0.2, 0.25) is 0 Å². The molecule has 1 N–H and O–H groups in total. The van der Waals surface area contributed by atoms with Crippen molar-refractivity contribution in [2.45, 2.75) is 0 Å². The van der Waals surface area contributed by atoms with Gasteiger partial charge in [0, 0.05) is 6.08 Å². The van der Waals surface area contributed by atoms with Crippen LogP contribution >= 0.6 is 0 Å². The summed E-state index contributed by atoms with van der Waals surface area (Å²) in [5.41, 5.74) is 0. The predicted octanol–water partition coefficient (Wildman–Crippen LogP) is 0.777. The molecular weight excluding hydrogens is 132 g/mol. The molecule has 0 saturated carbocycles. The molecule has 0 aromatic rings. The molecule has 0 fully saturated rings. The molecule has 0 aliphatic heterocycles. The van der Waals surface area contributed by atoms with Gasteiger partial charge in [0.1, 0.15) is 0 Å². The Balaban J connectivity index is -0.0000000267. The Morgan fingerprint density at radius 1 is 1.50 bits per heavy atom. The summed E-state index contributed by atoms with van der Waals surface area (Å²) in [6.45, 7) is 2.96. The maximum Gasteiger partial charge on any atom is 2.00 e. The van der Waals surface area contributed by atoms with Gasteiger partial charge in [-0.25, -0.2) is 4.79 Å². The average Bonchev–Trinajstić information content (AvgIpc) is 1.38. The molecule has 0 heterocycles. The zero-order chi connectivity index (χ0) is 4.28. The largest absolute Gasteiger partial charge is 2.00 e. The smallest absolute Gasteiger partial charge is 0.478 e. The van der Waals surface area contributed by atoms with Crippen LogP contribution in [0.4, 0.5) is 0 Å². The number of rotatable bonds is 1. The van der Waals surface area contributed by atoms with Gasteiger partial charge in [0.2, 0.25) is 0 Å². The summed E-state index contributed by atoms with van der Waals surface area (Å²) < 4.78 is 0. The number of carbonyl (C=O) groups is 1. The summed E-state index contributed by atoms with van der Waals surface area (Å²) in [4.78, 5) is 9.25. The third-order valence-corrected chi connectivity index (χ3v) is 0.175. The molecule has 0 bridgehead atoms. The summed E-state index contributed by atoms with van der Waals surface area (Å²) in [5, 5.41) is 7.60. The minimum atomic E-state index is -0.981. The molecule has 8 heavy (non-hydrogen) atoms. The Morgan fingerprint density at radius 3 is 1.62 bits per heavy atom. The van der Waals surface area contributed by atoms with Crippen molar-refractivity contribution in [3.8, 4) is 0 Å². The van der Waals surface area contributed by atoms with Crippen molar-refractivity contribution in [1.82, 2.24) is 0 Å². The van der Waals surface area contributed by atoms with E-state index in [1.54, 1.807) is 0 Å². The SMILES string of the molecule is C=CC(=O)O.[CH3-].[CH3-].[Ca+2]. The summed E-state index contributed by atoms with van der Waals surface area (Å²) >= 11 is 0. The maximum atomic E-state index is 9.25. The van der Waals surface area contributed by atoms with Crippen molar-refractivity contribution in [3.63, 3.8) is 0 Å². The van der Waals surface area contributed by atoms with Crippen molar-refractivity contribution in [2.24, 2.45) is 0 Å². The standard InChI is InChI=1S/C3H4O2.2CH3.Ca/c1-2-3(4)5;;;/h2H,1H2,(H,4,5);2*1H3;/q;2*-1;+2. The number of carboxylic acid groups (broad SMARTS) is 1. The van der Waals surface area contributed by atoms with Crippen molar-refractivity contribution in [2.75, 3.05) is 0 Å². The van der Waals surface area contributed by atoms with Crippen LogP contribution in [0.15, 0.2) is 12.7 Å². The summed E-state index contributed by atoms with van der Waals surface area (Å²) in [6.07, 6.45) is 0.833. The van der Waals surface area contributed by atoms with Crippen LogP contribution in [0, 0.1) is 14.9 Å². The van der Waals surface area contributed by atoms with E-state index in [0.717, 1.165) is 6.08 Å². The van der Waals surface area contributed by atoms with Crippen LogP contribution in [-0.4, -0.2) is 48.8 Å². The second-order valence-corrected chi connectivity index (χ2v) is 0.542. The molecule has 0 saturated heterocycles. The number of aliphatic carboxylic acids is 1. The van der Waals surface area contributed by atoms with Crippen molar-refractivity contribution < 1.29 is 9.90 Å². The average molecular weight is 142 g/mol. The van der Waals surface area contributed by atoms with Gasteiger partial charge in [-0.2, -0.15) is 0 Å². The van der Waals surface area contributed by atoms with Gasteiger partial charge >= 0.3 is 43.7 Å². The Bertz CT molecular complexity index is 61.4. The van der Waals surface area contributed by atoms with E-state index in [1.165, 1.54) is 0 Å². The molecular formula is C5H10CaO2. The molecule has 0 spiro atoms. The zero-order valence-corrected chi connectivity index (χ0v) is 7.56. The van der Waals surface area contributed by atoms with Gasteiger partial charge in [-0.3, -0.25) is 0 Å². The van der Waals surface area contributed by atoms with E-state index in [2.05, 4.69) is 6.58 Å². The first-order valence-electron chi connectivity index (χ1n) is 1.12. The molecule has 0 aromatic carbocycles. The Morgan fingerprint density at radius 2 is 1.62 bits per heavy atom. The first kappa shape index (κ1) is 23.7. The van der Waals surface area contributed by atoms with E-state index in [9.17, 15) is 4.79 Å². The van der Waals surface area contributed by atoms with E-state index < -0.39 is 5.97 Å². The van der Waals surface area contributed by atoms with Gasteiger partial charge in [-0.15, -0.1) is 0 Å². The minimum absolute atomic E-state index is 0. The number of carboxylic acids is 1. The molecule has 0 amide bonds. The van der Waals surface area contributed by atoms with E-state index >= 15 is 0 Å². The molecule has 0 radical (unpaired) electrons. The molecule has 0 aliphatic carbocycles. The Kier molecular flexibility index (Phi) is 46.3. The summed E-state index contributed by atoms with van der Waals surface area (Å²) in [7, 11) is 0. The number of hydrogen-bond acceptors (Lipinski definition) is 1. The van der Waals surface area contributed by atoms with Crippen LogP contribution in [0.1, 0.15) is 0 Å². The second kappa shape index (κ2) is 15.7. The third-order valence-electron chi connectivity index (χ3n) is 0.175. The monoisotopic (exact) mass is 142 g/mol. The van der Waals surface area contributed by atoms with E-state index in [-0.39, 0.29) is 52.6 Å². The third kappa shape index (κ3) is 31.7. The van der Waals surface area contributed by atoms with Crippen LogP contribution in [0.3, 0.4) is 0 Å². The fourth-order valence-electron chi connectivity index (χ4n) is 0. The van der Waals surface area contributed by atoms with Gasteiger partial charge in [0.25, 0.3) is 0 Å². The zero-order valence-electron chi connectivity index (χ0n) is 5.35. The molecule has 0 atom stereocenters. The molecule has 0 unspecified atom stereocenters. The predicted molar refractivity (Wildman–Crippen MR) is 36.4 cm³/mol. The maximum absolute atomic E-state index is 9.25. The number of hydrogen-bond donors (Lipinski definition) is 1. The Labute approximate surface area is 80.6 Å². The summed E-state index contributed by atoms with van der Waals surface area (Å²) in [5.74, 6) is -0.981. The van der Waals surface area contributed by atoms with Gasteiger partial charge in [-0.05, 0) is 0 Å². The molecule has 3 heteroatoms. The fourth-order valence-corrected chi connectivity index (χ4v) is 0. The quantitative estimate of drug-likeness (QED) is 0.333. The van der Waals surface area contributed by atoms with Gasteiger partial charge in [0.05, 0.1) is 0 Å². The molecule has 2 nitrogen and oxygen atoms in total. The van der Waals surface area contributed by atoms with Crippen LogP contribution < -0.4 is 0 Å². The van der Waals surface area contributed by atoms with Crippen LogP contribution in [0.25, 0.3) is 0 Å². The molecule has 0 rings (SSSR count). The first-order valence-corrected chi connectivity index (χ1v) is 1.12. The van der Waals surface area contributed by atoms with E-state index in [0.29, 0.717) is 0 Å². The van der Waals surface area contributed by atoms with E-state index in [4.69, 9.17) is 5.11 Å². The molecule has 0 aromatic heterocycles. The van der Waals surface area contributed by atoms with Gasteiger partial charge in [-0.1, -0.05) is 6.58 Å². The minimum Gasteiger partial charge on any atom is -0.478 e. The first-order chi connectivity index (χ1) is 2.27. The van der Waals surface area contributed by atoms with Crippen molar-refractivity contribution in [3.05, 3.63) is 27.5 Å². The second-order valence-electron chi connectivity index (χ2n) is 0.542. The van der Waals surface area contributed by atoms with Crippen LogP contribution in [0.5, 0.6) is 0 Å².